The van der Waals surface area contributed by atoms with Gasteiger partial charge >= 0.3 is 0 Å². The Morgan fingerprint density at radius 3 is 2.41 bits per heavy atom. The number of nitrogens with one attached hydrogen (secondary N) is 2. The number of likely N-dealkylation sites (tertiary alicyclic amines) is 1. The monoisotopic (exact) mass is 257 g/mol. The van der Waals surface area contributed by atoms with Crippen molar-refractivity contribution in [3.63, 3.8) is 0 Å². The third-order valence-electron chi connectivity index (χ3n) is 2.81. The second-order valence-electron chi connectivity index (χ2n) is 5.00. The first-order valence-electron chi connectivity index (χ1n) is 6.34. The van der Waals surface area contributed by atoms with Gasteiger partial charge in [0, 0.05) is 19.6 Å². The molecule has 1 atom stereocenters. The smallest absolute Gasteiger partial charge is 0.244 e. The SMILES string of the molecule is CC(C)CNC(=S)NC(C)C(=O)N1CCCC1. The van der Waals surface area contributed by atoms with Gasteiger partial charge in [-0.1, -0.05) is 13.8 Å². The summed E-state index contributed by atoms with van der Waals surface area (Å²) in [5.41, 5.74) is 0. The molecule has 1 heterocycles. The molecule has 4 nitrogen and oxygen atoms in total. The van der Waals surface area contributed by atoms with Gasteiger partial charge in [-0.25, -0.2) is 0 Å². The Hall–Kier alpha value is -0.840. The summed E-state index contributed by atoms with van der Waals surface area (Å²) in [5, 5.41) is 6.72. The summed E-state index contributed by atoms with van der Waals surface area (Å²) < 4.78 is 0. The van der Waals surface area contributed by atoms with E-state index in [4.69, 9.17) is 12.2 Å². The van der Waals surface area contributed by atoms with Crippen LogP contribution in [0.5, 0.6) is 0 Å². The van der Waals surface area contributed by atoms with Crippen molar-refractivity contribution < 1.29 is 4.79 Å². The molecule has 5 heteroatoms. The first kappa shape index (κ1) is 14.2. The zero-order chi connectivity index (χ0) is 12.8. The quantitative estimate of drug-likeness (QED) is 0.741. The topological polar surface area (TPSA) is 44.4 Å². The highest BCUT2D eigenvalue weighted by Gasteiger charge is 2.23. The average Bonchev–Trinajstić information content (AvgIpc) is 2.78. The maximum atomic E-state index is 12.0. The summed E-state index contributed by atoms with van der Waals surface area (Å²) in [4.78, 5) is 13.9. The lowest BCUT2D eigenvalue weighted by Gasteiger charge is -2.22. The van der Waals surface area contributed by atoms with Crippen molar-refractivity contribution in [2.45, 2.75) is 39.7 Å². The van der Waals surface area contributed by atoms with Crippen LogP contribution in [0.2, 0.25) is 0 Å². The van der Waals surface area contributed by atoms with E-state index in [1.807, 2.05) is 11.8 Å². The molecular weight excluding hydrogens is 234 g/mol. The number of nitrogens with zero attached hydrogens (tertiary/aromatic N) is 1. The molecule has 98 valence electrons. The lowest BCUT2D eigenvalue weighted by Crippen LogP contribution is -2.49. The van der Waals surface area contributed by atoms with Crippen LogP contribution in [0.3, 0.4) is 0 Å². The average molecular weight is 257 g/mol. The van der Waals surface area contributed by atoms with Crippen LogP contribution >= 0.6 is 12.2 Å². The summed E-state index contributed by atoms with van der Waals surface area (Å²) in [7, 11) is 0. The van der Waals surface area contributed by atoms with Crippen LogP contribution in [-0.4, -0.2) is 41.6 Å². The Labute approximate surface area is 109 Å². The minimum absolute atomic E-state index is 0.149. The second-order valence-corrected chi connectivity index (χ2v) is 5.41. The molecule has 0 radical (unpaired) electrons. The van der Waals surface area contributed by atoms with Crippen molar-refractivity contribution in [2.75, 3.05) is 19.6 Å². The van der Waals surface area contributed by atoms with Gasteiger partial charge in [0.05, 0.1) is 0 Å². The van der Waals surface area contributed by atoms with E-state index in [0.717, 1.165) is 32.5 Å². The fourth-order valence-electron chi connectivity index (χ4n) is 1.82. The standard InChI is InChI=1S/C12H23N3OS/c1-9(2)8-13-12(17)14-10(3)11(16)15-6-4-5-7-15/h9-10H,4-8H2,1-3H3,(H2,13,14,17). The van der Waals surface area contributed by atoms with Gasteiger partial charge in [-0.05, 0) is 37.9 Å². The van der Waals surface area contributed by atoms with Gasteiger partial charge in [-0.15, -0.1) is 0 Å². The van der Waals surface area contributed by atoms with Crippen molar-refractivity contribution in [3.8, 4) is 0 Å². The van der Waals surface area contributed by atoms with Gasteiger partial charge < -0.3 is 15.5 Å². The molecule has 0 aromatic carbocycles. The fourth-order valence-corrected chi connectivity index (χ4v) is 2.08. The van der Waals surface area contributed by atoms with E-state index in [2.05, 4.69) is 24.5 Å². The number of carbonyl (C=O) groups is 1. The lowest BCUT2D eigenvalue weighted by atomic mass is 10.2. The van der Waals surface area contributed by atoms with Crippen LogP contribution in [0.15, 0.2) is 0 Å². The Morgan fingerprint density at radius 1 is 1.29 bits per heavy atom. The predicted octanol–water partition coefficient (Wildman–Crippen LogP) is 1.12. The molecule has 0 bridgehead atoms. The Morgan fingerprint density at radius 2 is 1.88 bits per heavy atom. The minimum atomic E-state index is -0.236. The molecule has 17 heavy (non-hydrogen) atoms. The Balaban J connectivity index is 2.29. The summed E-state index contributed by atoms with van der Waals surface area (Å²) in [6.45, 7) is 8.71. The van der Waals surface area contributed by atoms with Crippen LogP contribution in [0.1, 0.15) is 33.6 Å². The molecule has 1 unspecified atom stereocenters. The minimum Gasteiger partial charge on any atom is -0.362 e. The molecule has 2 N–H and O–H groups in total. The van der Waals surface area contributed by atoms with Crippen molar-refractivity contribution in [1.82, 2.24) is 15.5 Å². The number of thiocarbonyl (C=S) groups is 1. The maximum Gasteiger partial charge on any atom is 0.244 e. The Bertz CT molecular complexity index is 275. The van der Waals surface area contributed by atoms with Gasteiger partial charge in [0.15, 0.2) is 5.11 Å². The van der Waals surface area contributed by atoms with Crippen LogP contribution in [-0.2, 0) is 4.79 Å². The van der Waals surface area contributed by atoms with Gasteiger partial charge in [0.1, 0.15) is 6.04 Å². The first-order valence-corrected chi connectivity index (χ1v) is 6.74. The third-order valence-corrected chi connectivity index (χ3v) is 3.07. The molecule has 0 aromatic rings. The highest BCUT2D eigenvalue weighted by molar-refractivity contribution is 7.80. The molecule has 1 amide bonds. The van der Waals surface area contributed by atoms with E-state index in [9.17, 15) is 4.79 Å². The summed E-state index contributed by atoms with van der Waals surface area (Å²) in [6, 6.07) is -0.236. The molecule has 1 rings (SSSR count). The van der Waals surface area contributed by atoms with E-state index in [0.29, 0.717) is 11.0 Å². The molecule has 0 spiro atoms. The van der Waals surface area contributed by atoms with Gasteiger partial charge in [-0.3, -0.25) is 4.79 Å². The fraction of sp³-hybridized carbons (Fsp3) is 0.833. The van der Waals surface area contributed by atoms with Crippen molar-refractivity contribution in [1.29, 1.82) is 0 Å². The maximum absolute atomic E-state index is 12.0. The summed E-state index contributed by atoms with van der Waals surface area (Å²) >= 11 is 5.15. The van der Waals surface area contributed by atoms with E-state index in [1.165, 1.54) is 0 Å². The van der Waals surface area contributed by atoms with E-state index < -0.39 is 0 Å². The van der Waals surface area contributed by atoms with E-state index in [-0.39, 0.29) is 11.9 Å². The molecule has 1 aliphatic rings. The molecule has 0 saturated carbocycles. The van der Waals surface area contributed by atoms with Crippen LogP contribution in [0, 0.1) is 5.92 Å². The van der Waals surface area contributed by atoms with Crippen molar-refractivity contribution in [3.05, 3.63) is 0 Å². The molecule has 1 fully saturated rings. The van der Waals surface area contributed by atoms with E-state index in [1.54, 1.807) is 0 Å². The van der Waals surface area contributed by atoms with Crippen molar-refractivity contribution >= 4 is 23.2 Å². The normalized spacial score (nSPS) is 17.1. The Kier molecular flexibility index (Phi) is 5.68. The zero-order valence-electron chi connectivity index (χ0n) is 11.0. The molecule has 1 aliphatic heterocycles. The van der Waals surface area contributed by atoms with Gasteiger partial charge in [-0.2, -0.15) is 0 Å². The predicted molar refractivity (Wildman–Crippen MR) is 73.9 cm³/mol. The molecule has 0 aromatic heterocycles. The molecule has 0 aliphatic carbocycles. The molecule has 1 saturated heterocycles. The van der Waals surface area contributed by atoms with Gasteiger partial charge in [0.25, 0.3) is 0 Å². The summed E-state index contributed by atoms with van der Waals surface area (Å²) in [6.07, 6.45) is 2.24. The highest BCUT2D eigenvalue weighted by atomic mass is 32.1. The van der Waals surface area contributed by atoms with Crippen LogP contribution in [0.25, 0.3) is 0 Å². The molecular formula is C12H23N3OS. The lowest BCUT2D eigenvalue weighted by molar-refractivity contribution is -0.131. The zero-order valence-corrected chi connectivity index (χ0v) is 11.8. The number of carbonyl (C=O) groups excluding carboxylic acids is 1. The van der Waals surface area contributed by atoms with E-state index >= 15 is 0 Å². The number of rotatable bonds is 4. The third kappa shape index (κ3) is 4.89. The number of hydrogen-bond donors (Lipinski definition) is 2. The number of amides is 1. The van der Waals surface area contributed by atoms with Crippen molar-refractivity contribution in [2.24, 2.45) is 5.92 Å². The largest absolute Gasteiger partial charge is 0.362 e. The summed E-state index contributed by atoms with van der Waals surface area (Å²) in [5.74, 6) is 0.690. The second kappa shape index (κ2) is 6.79. The van der Waals surface area contributed by atoms with Crippen LogP contribution < -0.4 is 10.6 Å². The highest BCUT2D eigenvalue weighted by Crippen LogP contribution is 2.08. The van der Waals surface area contributed by atoms with Crippen LogP contribution in [0.4, 0.5) is 0 Å². The first-order chi connectivity index (χ1) is 8.00. The number of hydrogen-bond acceptors (Lipinski definition) is 2. The van der Waals surface area contributed by atoms with Gasteiger partial charge in [0.2, 0.25) is 5.91 Å².